The number of likely N-dealkylation sites (tertiary alicyclic amines) is 2. The molecule has 0 aromatic heterocycles. The fraction of sp³-hybridized carbons (Fsp3) is 0.667. The van der Waals surface area contributed by atoms with Crippen molar-refractivity contribution in [3.63, 3.8) is 0 Å². The van der Waals surface area contributed by atoms with Gasteiger partial charge in [-0.25, -0.2) is 4.39 Å². The molecule has 3 bridgehead atoms. The molecule has 6 fully saturated rings. The lowest BCUT2D eigenvalue weighted by molar-refractivity contribution is -0.144. The van der Waals surface area contributed by atoms with E-state index >= 15 is 4.39 Å². The fourth-order valence-electron chi connectivity index (χ4n) is 11.8. The molecule has 9 nitrogen and oxygen atoms in total. The predicted molar refractivity (Wildman–Crippen MR) is 197 cm³/mol. The lowest BCUT2D eigenvalue weighted by Crippen LogP contribution is -2.52. The summed E-state index contributed by atoms with van der Waals surface area (Å²) >= 11 is 0. The Kier molecular flexibility index (Phi) is 10.1. The van der Waals surface area contributed by atoms with Crippen LogP contribution in [0, 0.1) is 29.6 Å². The van der Waals surface area contributed by atoms with Gasteiger partial charge in [0, 0.05) is 75.9 Å². The number of fused-ring (bicyclic) bond motifs is 2. The summed E-state index contributed by atoms with van der Waals surface area (Å²) in [5.41, 5.74) is -2.03. The Hall–Kier alpha value is -3.42. The summed E-state index contributed by atoms with van der Waals surface area (Å²) in [6, 6.07) is 11.0. The van der Waals surface area contributed by atoms with E-state index in [0.29, 0.717) is 54.3 Å². The van der Waals surface area contributed by atoms with Crippen molar-refractivity contribution in [2.45, 2.75) is 86.7 Å². The van der Waals surface area contributed by atoms with Gasteiger partial charge in [-0.15, -0.1) is 0 Å². The third-order valence-corrected chi connectivity index (χ3v) is 14.4. The molecule has 9 atom stereocenters. The Morgan fingerprint density at radius 2 is 1.69 bits per heavy atom. The second-order valence-electron chi connectivity index (χ2n) is 17.4. The van der Waals surface area contributed by atoms with Crippen LogP contribution in [-0.2, 0) is 20.5 Å². The fourth-order valence-corrected chi connectivity index (χ4v) is 11.8. The molecule has 3 saturated carbocycles. The van der Waals surface area contributed by atoms with Gasteiger partial charge in [0.25, 0.3) is 5.91 Å². The number of piperidine rings is 1. The smallest absolute Gasteiger partial charge is 0.416 e. The van der Waals surface area contributed by atoms with Crippen LogP contribution in [0.5, 0.6) is 5.75 Å². The summed E-state index contributed by atoms with van der Waals surface area (Å²) in [5, 5.41) is 21.2. The number of aliphatic hydroxyl groups is 1. The molecular weight excluding hydrogens is 718 g/mol. The highest BCUT2D eigenvalue weighted by molar-refractivity contribution is 5.88. The summed E-state index contributed by atoms with van der Waals surface area (Å²) in [6.07, 6.45) is 1.31. The number of nitrogens with zero attached hydrogens (tertiary/aromatic N) is 3. The molecule has 1 unspecified atom stereocenters. The monoisotopic (exact) mass is 771 g/mol. The maximum Gasteiger partial charge on any atom is 0.416 e. The number of alkyl halides is 4. The Morgan fingerprint density at radius 1 is 0.964 bits per heavy atom. The largest absolute Gasteiger partial charge is 0.497 e. The van der Waals surface area contributed by atoms with Crippen LogP contribution in [-0.4, -0.2) is 109 Å². The number of benzene rings is 2. The summed E-state index contributed by atoms with van der Waals surface area (Å²) in [7, 11) is 3.11. The van der Waals surface area contributed by atoms with Crippen molar-refractivity contribution >= 4 is 17.6 Å². The first-order valence-corrected chi connectivity index (χ1v) is 20.0. The molecule has 3 aliphatic heterocycles. The number of hydrogen-bond donors (Lipinski definition) is 2. The van der Waals surface area contributed by atoms with Gasteiger partial charge in [0.2, 0.25) is 5.67 Å². The van der Waals surface area contributed by atoms with Gasteiger partial charge in [-0.3, -0.25) is 14.5 Å². The van der Waals surface area contributed by atoms with E-state index in [1.807, 2.05) is 17.0 Å². The Bertz CT molecular complexity index is 1750. The molecule has 3 saturated heterocycles. The van der Waals surface area contributed by atoms with Crippen molar-refractivity contribution < 1.29 is 46.8 Å². The summed E-state index contributed by atoms with van der Waals surface area (Å²) in [4.78, 5) is 32.2. The number of rotatable bonds is 9. The predicted octanol–water partition coefficient (Wildman–Crippen LogP) is 6.34. The van der Waals surface area contributed by atoms with Crippen LogP contribution in [0.1, 0.15) is 79.9 Å². The third kappa shape index (κ3) is 6.89. The molecule has 55 heavy (non-hydrogen) atoms. The third-order valence-electron chi connectivity index (χ3n) is 14.4. The molecular formula is C42H53F4N3O6. The van der Waals surface area contributed by atoms with Gasteiger partial charge < -0.3 is 29.5 Å². The molecule has 2 aromatic carbocycles. The van der Waals surface area contributed by atoms with Gasteiger partial charge >= 0.3 is 12.1 Å². The van der Waals surface area contributed by atoms with E-state index in [1.165, 1.54) is 6.07 Å². The zero-order valence-electron chi connectivity index (χ0n) is 31.6. The van der Waals surface area contributed by atoms with Crippen LogP contribution < -0.4 is 9.64 Å². The van der Waals surface area contributed by atoms with Crippen molar-refractivity contribution in [2.24, 2.45) is 29.6 Å². The molecule has 1 amide bonds. The van der Waals surface area contributed by atoms with Gasteiger partial charge in [-0.05, 0) is 98.1 Å². The van der Waals surface area contributed by atoms with Gasteiger partial charge in [-0.1, -0.05) is 24.6 Å². The second-order valence-corrected chi connectivity index (χ2v) is 17.4. The van der Waals surface area contributed by atoms with E-state index in [1.54, 1.807) is 31.3 Å². The van der Waals surface area contributed by atoms with Gasteiger partial charge in [0.15, 0.2) is 0 Å². The second kappa shape index (κ2) is 14.5. The lowest BCUT2D eigenvalue weighted by atomic mass is 9.74. The van der Waals surface area contributed by atoms with Crippen molar-refractivity contribution in [3.8, 4) is 5.75 Å². The summed E-state index contributed by atoms with van der Waals surface area (Å²) < 4.78 is 71.6. The van der Waals surface area contributed by atoms with Crippen LogP contribution in [0.2, 0.25) is 0 Å². The van der Waals surface area contributed by atoms with Gasteiger partial charge in [-0.2, -0.15) is 13.2 Å². The minimum Gasteiger partial charge on any atom is -0.497 e. The molecule has 13 heteroatoms. The standard InChI is InChI=1S/C42H53F4N3O6/c1-54-23-29-20-48(21-34(29)33-10-7-30(42(44,45)46)18-36(33)47-14-11-26(12-15-47)38(50)51)39(52)41(43)24-49(22-35(41)25-5-8-32(55-2)9-6-25)37-27-4-3-13-40(53)19-28(37)17-31(40)16-27/h5-10,18,26-29,31,34-35,37,53H,3-4,11-17,19-24H2,1-2H3,(H,50,51)/t27-,28+,29+,31?,34-,35-,37+,40+,41-/m0/s1. The molecule has 6 aliphatic rings. The number of amides is 1. The average molecular weight is 772 g/mol. The minimum absolute atomic E-state index is 0.0660. The van der Waals surface area contributed by atoms with Crippen molar-refractivity contribution in [3.05, 3.63) is 59.2 Å². The maximum absolute atomic E-state index is 18.3. The zero-order valence-corrected chi connectivity index (χ0v) is 31.6. The molecule has 2 N–H and O–H groups in total. The number of carbonyl (C=O) groups is 2. The summed E-state index contributed by atoms with van der Waals surface area (Å²) in [5.74, 6) is -2.13. The number of ether oxygens (including phenoxy) is 2. The Labute approximate surface area is 319 Å². The summed E-state index contributed by atoms with van der Waals surface area (Å²) in [6.45, 7) is 1.38. The number of anilines is 1. The van der Waals surface area contributed by atoms with E-state index in [-0.39, 0.29) is 63.1 Å². The van der Waals surface area contributed by atoms with E-state index in [4.69, 9.17) is 9.47 Å². The average Bonchev–Trinajstić information content (AvgIpc) is 3.80. The highest BCUT2D eigenvalue weighted by Gasteiger charge is 2.62. The quantitative estimate of drug-likeness (QED) is 0.285. The van der Waals surface area contributed by atoms with Gasteiger partial charge in [0.1, 0.15) is 5.75 Å². The molecule has 8 rings (SSSR count). The van der Waals surface area contributed by atoms with E-state index in [0.717, 1.165) is 44.2 Å². The number of halogens is 4. The van der Waals surface area contributed by atoms with Crippen molar-refractivity contribution in [1.29, 1.82) is 0 Å². The molecule has 3 aliphatic carbocycles. The minimum atomic E-state index is -4.59. The zero-order chi connectivity index (χ0) is 38.9. The van der Waals surface area contributed by atoms with Crippen LogP contribution in [0.4, 0.5) is 23.2 Å². The highest BCUT2D eigenvalue weighted by Crippen LogP contribution is 2.58. The first-order valence-electron chi connectivity index (χ1n) is 20.0. The normalized spacial score (nSPS) is 35.4. The molecule has 2 aromatic rings. The number of aliphatic carboxylic acids is 1. The van der Waals surface area contributed by atoms with E-state index in [2.05, 4.69) is 4.90 Å². The van der Waals surface area contributed by atoms with Gasteiger partial charge in [0.05, 0.1) is 30.8 Å². The Balaban J connectivity index is 1.11. The van der Waals surface area contributed by atoms with Crippen LogP contribution in [0.25, 0.3) is 0 Å². The van der Waals surface area contributed by atoms with E-state index in [9.17, 15) is 33.0 Å². The topological polar surface area (TPSA) is 103 Å². The Morgan fingerprint density at radius 3 is 2.36 bits per heavy atom. The molecule has 0 radical (unpaired) electrons. The van der Waals surface area contributed by atoms with Crippen LogP contribution >= 0.6 is 0 Å². The van der Waals surface area contributed by atoms with Crippen LogP contribution in [0.3, 0.4) is 0 Å². The van der Waals surface area contributed by atoms with Crippen LogP contribution in [0.15, 0.2) is 42.5 Å². The lowest BCUT2D eigenvalue weighted by Gasteiger charge is -2.42. The molecule has 300 valence electrons. The van der Waals surface area contributed by atoms with Crippen molar-refractivity contribution in [1.82, 2.24) is 9.80 Å². The SMILES string of the molecule is COC[C@H]1CN(C(=O)[C@]2(F)CN([C@H]3[C@@H]4CC5C[C@@H]3CCC[C@@]5(O)C4)C[C@H]2c2ccc(OC)cc2)C[C@@H]1c1ccc(C(F)(F)F)cc1N1CCC(C(=O)O)CC1. The number of carboxylic acids is 1. The first-order chi connectivity index (χ1) is 26.2. The maximum atomic E-state index is 18.3. The number of methoxy groups -OCH3 is 2. The van der Waals surface area contributed by atoms with E-state index < -0.39 is 52.6 Å². The first kappa shape index (κ1) is 38.5. The highest BCUT2D eigenvalue weighted by atomic mass is 19.4. The number of hydrogen-bond acceptors (Lipinski definition) is 7. The molecule has 3 heterocycles. The number of carbonyl (C=O) groups excluding carboxylic acids is 1. The van der Waals surface area contributed by atoms with Crippen molar-refractivity contribution in [2.75, 3.05) is 65.0 Å². The molecule has 0 spiro atoms. The number of carboxylic acid groups (broad SMARTS) is 1.